The summed E-state index contributed by atoms with van der Waals surface area (Å²) in [6.45, 7) is 9.50. The zero-order valence-corrected chi connectivity index (χ0v) is 15.4. The van der Waals surface area contributed by atoms with Crippen LogP contribution in [0.3, 0.4) is 0 Å². The topological polar surface area (TPSA) is 58.3 Å². The minimum atomic E-state index is -0.515. The number of unbranched alkanes of at least 4 members (excludes halogenated alkanes) is 5. The van der Waals surface area contributed by atoms with Gasteiger partial charge in [-0.05, 0) is 43.0 Å². The lowest BCUT2D eigenvalue weighted by molar-refractivity contribution is 0.136. The van der Waals surface area contributed by atoms with Gasteiger partial charge in [-0.1, -0.05) is 65.0 Å². The van der Waals surface area contributed by atoms with Crippen LogP contribution in [0.4, 0.5) is 5.69 Å². The highest BCUT2D eigenvalue weighted by molar-refractivity contribution is 5.51. The van der Waals surface area contributed by atoms with Crippen LogP contribution in [0, 0.1) is 0 Å². The molecule has 0 aromatic heterocycles. The zero-order chi connectivity index (χ0) is 17.2. The molecule has 2 atom stereocenters. The van der Waals surface area contributed by atoms with Gasteiger partial charge in [0.25, 0.3) is 0 Å². The standard InChI is InChI=1S/C20H36N2O/c1-5-6-7-8-9-10-13-22-16(4)20(23)17-11-12-18(15(2)3)19(21)14-17/h11-12,14-16,20,22-23H,5-10,13,21H2,1-4H3. The Bertz CT molecular complexity index is 445. The smallest absolute Gasteiger partial charge is 0.0941 e. The van der Waals surface area contributed by atoms with E-state index in [2.05, 4.69) is 26.1 Å². The van der Waals surface area contributed by atoms with E-state index in [1.807, 2.05) is 25.1 Å². The van der Waals surface area contributed by atoms with Gasteiger partial charge in [0.2, 0.25) is 0 Å². The highest BCUT2D eigenvalue weighted by Gasteiger charge is 2.17. The third-order valence-electron chi connectivity index (χ3n) is 4.54. The molecule has 0 radical (unpaired) electrons. The van der Waals surface area contributed by atoms with Crippen LogP contribution in [0.2, 0.25) is 0 Å². The molecule has 2 unspecified atom stereocenters. The van der Waals surface area contributed by atoms with Crippen LogP contribution in [0.5, 0.6) is 0 Å². The van der Waals surface area contributed by atoms with Gasteiger partial charge in [-0.2, -0.15) is 0 Å². The first-order valence-electron chi connectivity index (χ1n) is 9.28. The van der Waals surface area contributed by atoms with Gasteiger partial charge in [0.1, 0.15) is 0 Å². The molecule has 0 saturated heterocycles. The molecule has 0 saturated carbocycles. The van der Waals surface area contributed by atoms with E-state index in [-0.39, 0.29) is 6.04 Å². The molecule has 0 spiro atoms. The molecule has 0 heterocycles. The van der Waals surface area contributed by atoms with E-state index in [0.29, 0.717) is 5.92 Å². The van der Waals surface area contributed by atoms with E-state index >= 15 is 0 Å². The Hall–Kier alpha value is -1.06. The third kappa shape index (κ3) is 6.92. The summed E-state index contributed by atoms with van der Waals surface area (Å²) in [5, 5.41) is 13.9. The Labute approximate surface area is 142 Å². The molecule has 4 N–H and O–H groups in total. The lowest BCUT2D eigenvalue weighted by Gasteiger charge is -2.22. The third-order valence-corrected chi connectivity index (χ3v) is 4.54. The van der Waals surface area contributed by atoms with Gasteiger partial charge in [-0.3, -0.25) is 0 Å². The Morgan fingerprint density at radius 1 is 1.04 bits per heavy atom. The van der Waals surface area contributed by atoms with Gasteiger partial charge in [0, 0.05) is 11.7 Å². The summed E-state index contributed by atoms with van der Waals surface area (Å²) in [6, 6.07) is 6.00. The Balaban J connectivity index is 2.38. The monoisotopic (exact) mass is 320 g/mol. The van der Waals surface area contributed by atoms with Crippen LogP contribution < -0.4 is 11.1 Å². The Morgan fingerprint density at radius 3 is 2.30 bits per heavy atom. The van der Waals surface area contributed by atoms with Crippen molar-refractivity contribution < 1.29 is 5.11 Å². The summed E-state index contributed by atoms with van der Waals surface area (Å²) < 4.78 is 0. The first-order chi connectivity index (χ1) is 11.0. The molecule has 1 aromatic rings. The van der Waals surface area contributed by atoms with Gasteiger partial charge >= 0.3 is 0 Å². The second-order valence-corrected chi connectivity index (χ2v) is 7.00. The van der Waals surface area contributed by atoms with Gasteiger partial charge < -0.3 is 16.2 Å². The number of aliphatic hydroxyl groups excluding tert-OH is 1. The minimum absolute atomic E-state index is 0.0370. The number of nitrogens with two attached hydrogens (primary N) is 1. The first kappa shape index (κ1) is 20.0. The summed E-state index contributed by atoms with van der Waals surface area (Å²) in [7, 11) is 0. The highest BCUT2D eigenvalue weighted by atomic mass is 16.3. The summed E-state index contributed by atoms with van der Waals surface area (Å²) in [5.41, 5.74) is 8.93. The van der Waals surface area contributed by atoms with Crippen molar-refractivity contribution in [2.75, 3.05) is 12.3 Å². The van der Waals surface area contributed by atoms with Crippen LogP contribution in [-0.2, 0) is 0 Å². The van der Waals surface area contributed by atoms with Crippen molar-refractivity contribution in [1.82, 2.24) is 5.32 Å². The Morgan fingerprint density at radius 2 is 1.70 bits per heavy atom. The number of benzene rings is 1. The summed E-state index contributed by atoms with van der Waals surface area (Å²) in [5.74, 6) is 0.407. The second kappa shape index (κ2) is 10.7. The van der Waals surface area contributed by atoms with Crippen molar-refractivity contribution >= 4 is 5.69 Å². The molecule has 0 aliphatic rings. The molecule has 0 aliphatic carbocycles. The summed E-state index contributed by atoms with van der Waals surface area (Å²) in [4.78, 5) is 0. The normalized spacial score (nSPS) is 14.2. The maximum absolute atomic E-state index is 10.5. The molecule has 1 aromatic carbocycles. The predicted octanol–water partition coefficient (Wildman–Crippen LogP) is 4.76. The number of rotatable bonds is 11. The second-order valence-electron chi connectivity index (χ2n) is 7.00. The number of hydrogen-bond donors (Lipinski definition) is 3. The zero-order valence-electron chi connectivity index (χ0n) is 15.4. The fourth-order valence-corrected chi connectivity index (χ4v) is 2.94. The summed E-state index contributed by atoms with van der Waals surface area (Å²) >= 11 is 0. The summed E-state index contributed by atoms with van der Waals surface area (Å²) in [6.07, 6.45) is 7.23. The molecule has 132 valence electrons. The van der Waals surface area contributed by atoms with Gasteiger partial charge in [0.05, 0.1) is 6.10 Å². The minimum Gasteiger partial charge on any atom is -0.398 e. The molecule has 3 heteroatoms. The van der Waals surface area contributed by atoms with Crippen LogP contribution in [0.15, 0.2) is 18.2 Å². The molecule has 0 bridgehead atoms. The van der Waals surface area contributed by atoms with Gasteiger partial charge in [0.15, 0.2) is 0 Å². The number of hydrogen-bond acceptors (Lipinski definition) is 3. The van der Waals surface area contributed by atoms with E-state index in [0.717, 1.165) is 23.4 Å². The average Bonchev–Trinajstić information content (AvgIpc) is 2.52. The predicted molar refractivity (Wildman–Crippen MR) is 101 cm³/mol. The largest absolute Gasteiger partial charge is 0.398 e. The maximum Gasteiger partial charge on any atom is 0.0941 e. The van der Waals surface area contributed by atoms with E-state index < -0.39 is 6.10 Å². The molecule has 0 fully saturated rings. The molecular formula is C20H36N2O. The van der Waals surface area contributed by atoms with Gasteiger partial charge in [-0.25, -0.2) is 0 Å². The Kier molecular flexibility index (Phi) is 9.27. The van der Waals surface area contributed by atoms with Crippen LogP contribution in [-0.4, -0.2) is 17.7 Å². The van der Waals surface area contributed by atoms with Crippen LogP contribution in [0.1, 0.15) is 89.4 Å². The first-order valence-corrected chi connectivity index (χ1v) is 9.28. The van der Waals surface area contributed by atoms with E-state index in [9.17, 15) is 5.11 Å². The van der Waals surface area contributed by atoms with Crippen molar-refractivity contribution in [3.8, 4) is 0 Å². The molecular weight excluding hydrogens is 284 g/mol. The van der Waals surface area contributed by atoms with E-state index in [1.165, 1.54) is 38.5 Å². The maximum atomic E-state index is 10.5. The fraction of sp³-hybridized carbons (Fsp3) is 0.700. The number of nitrogens with one attached hydrogen (secondary N) is 1. The molecule has 0 aliphatic heterocycles. The number of nitrogen functional groups attached to an aromatic ring is 1. The molecule has 23 heavy (non-hydrogen) atoms. The van der Waals surface area contributed by atoms with Crippen LogP contribution in [0.25, 0.3) is 0 Å². The van der Waals surface area contributed by atoms with E-state index in [4.69, 9.17) is 5.73 Å². The lowest BCUT2D eigenvalue weighted by Crippen LogP contribution is -2.33. The molecule has 3 nitrogen and oxygen atoms in total. The number of anilines is 1. The van der Waals surface area contributed by atoms with Crippen molar-refractivity contribution in [3.05, 3.63) is 29.3 Å². The van der Waals surface area contributed by atoms with E-state index in [1.54, 1.807) is 0 Å². The molecule has 0 amide bonds. The van der Waals surface area contributed by atoms with Gasteiger partial charge in [-0.15, -0.1) is 0 Å². The quantitative estimate of drug-likeness (QED) is 0.407. The number of aliphatic hydroxyl groups is 1. The highest BCUT2D eigenvalue weighted by Crippen LogP contribution is 2.26. The average molecular weight is 321 g/mol. The van der Waals surface area contributed by atoms with Crippen molar-refractivity contribution in [3.63, 3.8) is 0 Å². The molecule has 1 rings (SSSR count). The van der Waals surface area contributed by atoms with Crippen molar-refractivity contribution in [2.24, 2.45) is 0 Å². The fourth-order valence-electron chi connectivity index (χ4n) is 2.94. The van der Waals surface area contributed by atoms with Crippen LogP contribution >= 0.6 is 0 Å². The SMILES string of the molecule is CCCCCCCCNC(C)C(O)c1ccc(C(C)C)c(N)c1. The van der Waals surface area contributed by atoms with Crippen molar-refractivity contribution in [1.29, 1.82) is 0 Å². The lowest BCUT2D eigenvalue weighted by atomic mass is 9.96. The van der Waals surface area contributed by atoms with Crippen molar-refractivity contribution in [2.45, 2.75) is 84.3 Å².